The van der Waals surface area contributed by atoms with Gasteiger partial charge in [-0.25, -0.2) is 0 Å². The molecule has 0 rings (SSSR count). The molecule has 0 amide bonds. The van der Waals surface area contributed by atoms with Crippen LogP contribution in [0.25, 0.3) is 0 Å². The molecular formula is C30H51BO6. The molecule has 210 valence electrons. The van der Waals surface area contributed by atoms with E-state index in [1.54, 1.807) is 0 Å². The van der Waals surface area contributed by atoms with Crippen molar-refractivity contribution in [1.82, 2.24) is 0 Å². The maximum atomic E-state index is 5.71. The van der Waals surface area contributed by atoms with Crippen molar-refractivity contribution in [2.24, 2.45) is 0 Å². The van der Waals surface area contributed by atoms with E-state index in [4.69, 9.17) is 28.2 Å². The van der Waals surface area contributed by atoms with Crippen molar-refractivity contribution in [1.29, 1.82) is 0 Å². The SMILES string of the molecule is C=CCCCC=CCOCCOB(OCCOCC=CCCCC=C)OCCOCC=CCCCC=C. The van der Waals surface area contributed by atoms with Crippen LogP contribution in [0.4, 0.5) is 0 Å². The number of rotatable bonds is 30. The monoisotopic (exact) mass is 518 g/mol. The highest BCUT2D eigenvalue weighted by Gasteiger charge is 2.21. The average Bonchev–Trinajstić information content (AvgIpc) is 2.91. The van der Waals surface area contributed by atoms with Gasteiger partial charge in [-0.3, -0.25) is 0 Å². The first-order valence-electron chi connectivity index (χ1n) is 13.7. The summed E-state index contributed by atoms with van der Waals surface area (Å²) < 4.78 is 33.9. The first kappa shape index (κ1) is 35.3. The van der Waals surface area contributed by atoms with Gasteiger partial charge in [0.15, 0.2) is 0 Å². The Morgan fingerprint density at radius 1 is 0.405 bits per heavy atom. The van der Waals surface area contributed by atoms with E-state index in [0.29, 0.717) is 59.5 Å². The Balaban J connectivity index is 4.05. The summed E-state index contributed by atoms with van der Waals surface area (Å²) in [7, 11) is -0.783. The Bertz CT molecular complexity index is 510. The Kier molecular flexibility index (Phi) is 30.8. The molecule has 0 atom stereocenters. The summed E-state index contributed by atoms with van der Waals surface area (Å²) in [6.07, 6.45) is 27.9. The summed E-state index contributed by atoms with van der Waals surface area (Å²) in [6, 6.07) is 0. The van der Waals surface area contributed by atoms with Crippen molar-refractivity contribution in [2.75, 3.05) is 59.5 Å². The van der Waals surface area contributed by atoms with E-state index < -0.39 is 7.32 Å². The number of hydrogen-bond acceptors (Lipinski definition) is 6. The fourth-order valence-electron chi connectivity index (χ4n) is 2.91. The van der Waals surface area contributed by atoms with E-state index in [9.17, 15) is 0 Å². The average molecular weight is 519 g/mol. The molecule has 0 spiro atoms. The normalized spacial score (nSPS) is 11.7. The highest BCUT2D eigenvalue weighted by Crippen LogP contribution is 1.99. The maximum Gasteiger partial charge on any atom is 0.639 e. The zero-order valence-electron chi connectivity index (χ0n) is 23.1. The Labute approximate surface area is 227 Å². The molecule has 0 bridgehead atoms. The minimum absolute atomic E-state index is 0.373. The molecule has 0 unspecified atom stereocenters. The van der Waals surface area contributed by atoms with Gasteiger partial charge in [-0.2, -0.15) is 0 Å². The summed E-state index contributed by atoms with van der Waals surface area (Å²) >= 11 is 0. The summed E-state index contributed by atoms with van der Waals surface area (Å²) in [4.78, 5) is 0. The van der Waals surface area contributed by atoms with Gasteiger partial charge < -0.3 is 28.2 Å². The lowest BCUT2D eigenvalue weighted by Gasteiger charge is -2.14. The zero-order valence-corrected chi connectivity index (χ0v) is 23.1. The molecule has 0 N–H and O–H groups in total. The molecular weight excluding hydrogens is 467 g/mol. The number of allylic oxidation sites excluding steroid dienone is 6. The third-order valence-electron chi connectivity index (χ3n) is 4.92. The summed E-state index contributed by atoms with van der Waals surface area (Å²) in [5.74, 6) is 0. The zero-order chi connectivity index (χ0) is 26.9. The van der Waals surface area contributed by atoms with Crippen LogP contribution in [0.2, 0.25) is 0 Å². The van der Waals surface area contributed by atoms with Crippen LogP contribution in [0.15, 0.2) is 74.4 Å². The Morgan fingerprint density at radius 2 is 0.730 bits per heavy atom. The third kappa shape index (κ3) is 30.4. The smallest absolute Gasteiger partial charge is 0.383 e. The first-order chi connectivity index (χ1) is 18.3. The third-order valence-corrected chi connectivity index (χ3v) is 4.92. The van der Waals surface area contributed by atoms with E-state index in [2.05, 4.69) is 38.0 Å². The van der Waals surface area contributed by atoms with Crippen molar-refractivity contribution in [3.05, 3.63) is 74.4 Å². The second-order valence-electron chi connectivity index (χ2n) is 8.20. The molecule has 0 aliphatic heterocycles. The molecule has 7 heteroatoms. The van der Waals surface area contributed by atoms with Gasteiger partial charge >= 0.3 is 7.32 Å². The molecule has 0 saturated heterocycles. The van der Waals surface area contributed by atoms with Gasteiger partial charge in [-0.05, 0) is 57.8 Å². The van der Waals surface area contributed by atoms with E-state index >= 15 is 0 Å². The van der Waals surface area contributed by atoms with Crippen LogP contribution in [-0.4, -0.2) is 66.8 Å². The van der Waals surface area contributed by atoms with Crippen LogP contribution >= 0.6 is 0 Å². The largest absolute Gasteiger partial charge is 0.639 e. The van der Waals surface area contributed by atoms with Gasteiger partial charge in [-0.1, -0.05) is 54.7 Å². The van der Waals surface area contributed by atoms with Crippen molar-refractivity contribution in [2.45, 2.75) is 57.8 Å². The van der Waals surface area contributed by atoms with Crippen LogP contribution in [-0.2, 0) is 28.2 Å². The highest BCUT2D eigenvalue weighted by molar-refractivity contribution is 6.36. The van der Waals surface area contributed by atoms with Crippen molar-refractivity contribution in [3.63, 3.8) is 0 Å². The minimum atomic E-state index is -0.783. The lowest BCUT2D eigenvalue weighted by molar-refractivity contribution is 0.0284. The molecule has 0 saturated carbocycles. The second-order valence-corrected chi connectivity index (χ2v) is 8.20. The van der Waals surface area contributed by atoms with E-state index in [1.807, 2.05) is 36.5 Å². The molecule has 0 aliphatic carbocycles. The molecule has 0 aromatic carbocycles. The topological polar surface area (TPSA) is 55.4 Å². The predicted molar refractivity (Wildman–Crippen MR) is 156 cm³/mol. The standard InChI is InChI=1S/C30H51BO6/c1-4-7-10-13-16-19-22-32-25-28-35-31(36-29-26-33-23-20-17-14-11-8-5-2)37-30-27-34-24-21-18-15-12-9-6-3/h4-6,16-21H,1-3,7-15,22-30H2. The second kappa shape index (κ2) is 32.3. The molecule has 0 aromatic heterocycles. The summed E-state index contributed by atoms with van der Waals surface area (Å²) in [6.45, 7) is 15.4. The quantitative estimate of drug-likeness (QED) is 0.0592. The molecule has 0 heterocycles. The minimum Gasteiger partial charge on any atom is -0.383 e. The lowest BCUT2D eigenvalue weighted by atomic mass is 10.2. The van der Waals surface area contributed by atoms with Gasteiger partial charge in [0.1, 0.15) is 0 Å². The molecule has 6 nitrogen and oxygen atoms in total. The molecule has 0 aromatic rings. The van der Waals surface area contributed by atoms with Crippen molar-refractivity contribution >= 4 is 7.32 Å². The first-order valence-corrected chi connectivity index (χ1v) is 13.7. The summed E-state index contributed by atoms with van der Waals surface area (Å²) in [5.41, 5.74) is 0. The van der Waals surface area contributed by atoms with Crippen LogP contribution in [0.5, 0.6) is 0 Å². The van der Waals surface area contributed by atoms with Crippen LogP contribution in [0, 0.1) is 0 Å². The van der Waals surface area contributed by atoms with Gasteiger partial charge in [-0.15, -0.1) is 19.7 Å². The Hall–Kier alpha value is -1.74. The molecule has 0 fully saturated rings. The maximum absolute atomic E-state index is 5.71. The summed E-state index contributed by atoms with van der Waals surface area (Å²) in [5, 5.41) is 0. The fraction of sp³-hybridized carbons (Fsp3) is 0.600. The number of ether oxygens (including phenoxy) is 3. The van der Waals surface area contributed by atoms with Gasteiger partial charge in [0.05, 0.1) is 59.5 Å². The van der Waals surface area contributed by atoms with Crippen LogP contribution in [0.3, 0.4) is 0 Å². The molecule has 0 radical (unpaired) electrons. The number of unbranched alkanes of at least 4 members (excludes halogenated alkanes) is 6. The van der Waals surface area contributed by atoms with Gasteiger partial charge in [0, 0.05) is 0 Å². The van der Waals surface area contributed by atoms with Crippen molar-refractivity contribution < 1.29 is 28.2 Å². The predicted octanol–water partition coefficient (Wildman–Crippen LogP) is 6.81. The molecule has 37 heavy (non-hydrogen) atoms. The van der Waals surface area contributed by atoms with E-state index in [-0.39, 0.29) is 0 Å². The van der Waals surface area contributed by atoms with Gasteiger partial charge in [0.25, 0.3) is 0 Å². The molecule has 0 aliphatic rings. The fourth-order valence-corrected chi connectivity index (χ4v) is 2.91. The van der Waals surface area contributed by atoms with E-state index in [1.165, 1.54) is 0 Å². The van der Waals surface area contributed by atoms with Crippen LogP contribution in [0.1, 0.15) is 57.8 Å². The van der Waals surface area contributed by atoms with E-state index in [0.717, 1.165) is 57.8 Å². The number of hydrogen-bond donors (Lipinski definition) is 0. The van der Waals surface area contributed by atoms with Crippen LogP contribution < -0.4 is 0 Å². The van der Waals surface area contributed by atoms with Crippen molar-refractivity contribution in [3.8, 4) is 0 Å². The Morgan fingerprint density at radius 3 is 1.03 bits per heavy atom. The van der Waals surface area contributed by atoms with Gasteiger partial charge in [0.2, 0.25) is 0 Å². The lowest BCUT2D eigenvalue weighted by Crippen LogP contribution is -2.31. The highest BCUT2D eigenvalue weighted by atomic mass is 16.7.